The largest absolute Gasteiger partial charge is 0.390 e. The Kier molecular flexibility index (Phi) is 5.26. The lowest BCUT2D eigenvalue weighted by Gasteiger charge is -2.35. The Morgan fingerprint density at radius 3 is 2.44 bits per heavy atom. The number of nitrogens with zero attached hydrogens (tertiary/aromatic N) is 7. The predicted molar refractivity (Wildman–Crippen MR) is 98.1 cm³/mol. The second-order valence-corrected chi connectivity index (χ2v) is 7.04. The number of hydrogen-bond donors (Lipinski definition) is 0. The summed E-state index contributed by atoms with van der Waals surface area (Å²) in [5.41, 5.74) is 2.83. The lowest BCUT2D eigenvalue weighted by atomic mass is 10.2. The molecule has 146 valence electrons. The molecule has 1 aliphatic rings. The number of aromatic nitrogens is 4. The number of piperazine rings is 1. The summed E-state index contributed by atoms with van der Waals surface area (Å²) in [4.78, 5) is 27.3. The maximum Gasteiger partial charge on any atom is 0.390 e. The molecule has 2 aromatic heterocycles. The zero-order chi connectivity index (χ0) is 19.7. The zero-order valence-corrected chi connectivity index (χ0v) is 16.1. The number of carbonyl (C=O) groups excluding carboxylic acids is 1. The van der Waals surface area contributed by atoms with Crippen molar-refractivity contribution in [2.24, 2.45) is 7.05 Å². The fourth-order valence-corrected chi connectivity index (χ4v) is 3.49. The summed E-state index contributed by atoms with van der Waals surface area (Å²) in [6, 6.07) is 0.823. The fraction of sp³-hybridized carbons (Fsp3) is 0.588. The van der Waals surface area contributed by atoms with Gasteiger partial charge in [0.15, 0.2) is 0 Å². The third-order valence-electron chi connectivity index (χ3n) is 5.01. The summed E-state index contributed by atoms with van der Waals surface area (Å²) in [5.74, 6) is -0.294. The molecule has 10 heteroatoms. The Balaban J connectivity index is 1.59. The second-order valence-electron chi connectivity index (χ2n) is 7.04. The van der Waals surface area contributed by atoms with Crippen LogP contribution in [0.4, 0.5) is 5.82 Å². The molecular weight excluding hydrogens is 350 g/mol. The van der Waals surface area contributed by atoms with Crippen molar-refractivity contribution in [3.05, 3.63) is 39.3 Å². The van der Waals surface area contributed by atoms with Gasteiger partial charge in [0, 0.05) is 51.5 Å². The van der Waals surface area contributed by atoms with Gasteiger partial charge in [-0.1, -0.05) is 0 Å². The Bertz CT molecular complexity index is 849. The number of aryl methyl sites for hydroxylation is 3. The summed E-state index contributed by atoms with van der Waals surface area (Å²) in [7, 11) is 1.91. The van der Waals surface area contributed by atoms with Crippen LogP contribution in [0, 0.1) is 24.0 Å². The van der Waals surface area contributed by atoms with E-state index >= 15 is 0 Å². The molecule has 1 aliphatic heterocycles. The quantitative estimate of drug-likeness (QED) is 0.572. The van der Waals surface area contributed by atoms with Gasteiger partial charge in [-0.2, -0.15) is 9.78 Å². The summed E-state index contributed by atoms with van der Waals surface area (Å²) >= 11 is 0. The average molecular weight is 375 g/mol. The van der Waals surface area contributed by atoms with Crippen LogP contribution in [0.3, 0.4) is 0 Å². The number of amides is 1. The van der Waals surface area contributed by atoms with Crippen LogP contribution in [0.1, 0.15) is 29.9 Å². The molecule has 0 radical (unpaired) electrons. The predicted octanol–water partition coefficient (Wildman–Crippen LogP) is 1.05. The van der Waals surface area contributed by atoms with Gasteiger partial charge >= 0.3 is 5.82 Å². The third kappa shape index (κ3) is 4.00. The van der Waals surface area contributed by atoms with E-state index in [1.54, 1.807) is 13.8 Å². The van der Waals surface area contributed by atoms with Crippen molar-refractivity contribution in [1.82, 2.24) is 29.4 Å². The van der Waals surface area contributed by atoms with Crippen molar-refractivity contribution in [1.29, 1.82) is 0 Å². The molecule has 0 saturated carbocycles. The minimum Gasteiger partial charge on any atom is -0.358 e. The molecule has 0 aromatic carbocycles. The van der Waals surface area contributed by atoms with Crippen LogP contribution in [-0.2, 0) is 18.4 Å². The van der Waals surface area contributed by atoms with Crippen molar-refractivity contribution >= 4 is 11.7 Å². The van der Waals surface area contributed by atoms with Crippen LogP contribution in [0.2, 0.25) is 0 Å². The first-order valence-corrected chi connectivity index (χ1v) is 8.97. The van der Waals surface area contributed by atoms with Gasteiger partial charge in [0.1, 0.15) is 6.04 Å². The Hall–Kier alpha value is -2.75. The summed E-state index contributed by atoms with van der Waals surface area (Å²) in [6.45, 7) is 9.10. The van der Waals surface area contributed by atoms with Crippen LogP contribution in [-0.4, -0.2) is 66.4 Å². The molecule has 3 heterocycles. The standard InChI is InChI=1S/C17H25N7O3/c1-12-9-16(24(26)27)19-23(12)14(3)17(25)22-7-5-21(6-8-22)11-15-10-20(4)18-13(15)2/h9-10,14H,5-8,11H2,1-4H3. The van der Waals surface area contributed by atoms with Gasteiger partial charge in [0.25, 0.3) is 0 Å². The molecule has 1 atom stereocenters. The van der Waals surface area contributed by atoms with E-state index < -0.39 is 11.0 Å². The Morgan fingerprint density at radius 1 is 1.26 bits per heavy atom. The molecule has 1 saturated heterocycles. The average Bonchev–Trinajstić information content (AvgIpc) is 3.16. The van der Waals surface area contributed by atoms with Crippen LogP contribution in [0.25, 0.3) is 0 Å². The summed E-state index contributed by atoms with van der Waals surface area (Å²) < 4.78 is 3.25. The molecule has 1 amide bonds. The highest BCUT2D eigenvalue weighted by atomic mass is 16.6. The van der Waals surface area contributed by atoms with Crippen molar-refractivity contribution in [3.63, 3.8) is 0 Å². The van der Waals surface area contributed by atoms with Crippen molar-refractivity contribution in [2.45, 2.75) is 33.4 Å². The topological polar surface area (TPSA) is 102 Å². The van der Waals surface area contributed by atoms with Crippen LogP contribution in [0.5, 0.6) is 0 Å². The molecule has 3 rings (SSSR count). The number of hydrogen-bond acceptors (Lipinski definition) is 6. The van der Waals surface area contributed by atoms with E-state index in [1.165, 1.54) is 16.3 Å². The van der Waals surface area contributed by atoms with Gasteiger partial charge < -0.3 is 15.0 Å². The second kappa shape index (κ2) is 7.47. The molecule has 0 spiro atoms. The molecule has 10 nitrogen and oxygen atoms in total. The van der Waals surface area contributed by atoms with E-state index in [4.69, 9.17) is 0 Å². The zero-order valence-electron chi connectivity index (χ0n) is 16.1. The third-order valence-corrected chi connectivity index (χ3v) is 5.01. The van der Waals surface area contributed by atoms with Crippen molar-refractivity contribution in [3.8, 4) is 0 Å². The van der Waals surface area contributed by atoms with Crippen LogP contribution < -0.4 is 0 Å². The molecular formula is C17H25N7O3. The highest BCUT2D eigenvalue weighted by Crippen LogP contribution is 2.19. The SMILES string of the molecule is Cc1nn(C)cc1CN1CCN(C(=O)C(C)n2nc([N+](=O)[O-])cc2C)CC1. The molecule has 27 heavy (non-hydrogen) atoms. The lowest BCUT2D eigenvalue weighted by molar-refractivity contribution is -0.389. The first-order chi connectivity index (χ1) is 12.8. The van der Waals surface area contributed by atoms with Crippen molar-refractivity contribution in [2.75, 3.05) is 26.2 Å². The first kappa shape index (κ1) is 19.0. The van der Waals surface area contributed by atoms with E-state index in [1.807, 2.05) is 29.7 Å². The van der Waals surface area contributed by atoms with Gasteiger partial charge in [0.2, 0.25) is 5.91 Å². The van der Waals surface area contributed by atoms with E-state index in [0.717, 1.165) is 25.3 Å². The molecule has 0 N–H and O–H groups in total. The summed E-state index contributed by atoms with van der Waals surface area (Å²) in [5, 5.41) is 19.2. The normalized spacial score (nSPS) is 16.5. The van der Waals surface area contributed by atoms with Gasteiger partial charge in [-0.25, -0.2) is 0 Å². The maximum atomic E-state index is 12.8. The smallest absolute Gasteiger partial charge is 0.358 e. The fourth-order valence-electron chi connectivity index (χ4n) is 3.49. The highest BCUT2D eigenvalue weighted by Gasteiger charge is 2.30. The van der Waals surface area contributed by atoms with E-state index in [9.17, 15) is 14.9 Å². The molecule has 0 bridgehead atoms. The number of rotatable bonds is 5. The van der Waals surface area contributed by atoms with Gasteiger partial charge in [-0.3, -0.25) is 14.4 Å². The maximum absolute atomic E-state index is 12.8. The van der Waals surface area contributed by atoms with Gasteiger partial charge in [0.05, 0.1) is 22.6 Å². The Labute approximate surface area is 157 Å². The number of carbonyl (C=O) groups is 1. The van der Waals surface area contributed by atoms with Gasteiger partial charge in [-0.15, -0.1) is 0 Å². The van der Waals surface area contributed by atoms with Crippen molar-refractivity contribution < 1.29 is 9.72 Å². The minimum atomic E-state index is -0.564. The Morgan fingerprint density at radius 2 is 1.93 bits per heavy atom. The molecule has 0 aliphatic carbocycles. The molecule has 1 fully saturated rings. The molecule has 1 unspecified atom stereocenters. The van der Waals surface area contributed by atoms with E-state index in [-0.39, 0.29) is 11.7 Å². The van der Waals surface area contributed by atoms with E-state index in [0.29, 0.717) is 18.8 Å². The van der Waals surface area contributed by atoms with Crippen LogP contribution >= 0.6 is 0 Å². The number of nitro groups is 1. The van der Waals surface area contributed by atoms with E-state index in [2.05, 4.69) is 15.1 Å². The summed E-state index contributed by atoms with van der Waals surface area (Å²) in [6.07, 6.45) is 2.03. The van der Waals surface area contributed by atoms with Gasteiger partial charge in [-0.05, 0) is 25.7 Å². The monoisotopic (exact) mass is 375 g/mol. The highest BCUT2D eigenvalue weighted by molar-refractivity contribution is 5.80. The minimum absolute atomic E-state index is 0.0618. The first-order valence-electron chi connectivity index (χ1n) is 8.97. The van der Waals surface area contributed by atoms with Crippen LogP contribution in [0.15, 0.2) is 12.3 Å². The molecule has 2 aromatic rings. The lowest BCUT2D eigenvalue weighted by Crippen LogP contribution is -2.50.